The molecule has 0 aliphatic rings. The van der Waals surface area contributed by atoms with Crippen LogP contribution in [-0.2, 0) is 4.79 Å². The fourth-order valence-corrected chi connectivity index (χ4v) is 2.15. The number of amides is 1. The first-order valence-electron chi connectivity index (χ1n) is 7.17. The van der Waals surface area contributed by atoms with Crippen molar-refractivity contribution in [3.63, 3.8) is 0 Å². The molecule has 2 N–H and O–H groups in total. The fourth-order valence-electron chi connectivity index (χ4n) is 1.94. The van der Waals surface area contributed by atoms with Crippen molar-refractivity contribution in [1.29, 1.82) is 0 Å². The van der Waals surface area contributed by atoms with Gasteiger partial charge in [-0.1, -0.05) is 30.3 Å². The van der Waals surface area contributed by atoms with Crippen molar-refractivity contribution in [3.8, 4) is 5.75 Å². The van der Waals surface area contributed by atoms with Gasteiger partial charge >= 0.3 is 0 Å². The van der Waals surface area contributed by atoms with E-state index in [2.05, 4.69) is 10.6 Å². The van der Waals surface area contributed by atoms with Gasteiger partial charge in [-0.05, 0) is 36.0 Å². The molecule has 1 amide bonds. The van der Waals surface area contributed by atoms with Crippen LogP contribution in [0.5, 0.6) is 5.75 Å². The number of nitrogens with zero attached hydrogens (tertiary/aromatic N) is 1. The molecule has 8 heteroatoms. The van der Waals surface area contributed by atoms with Gasteiger partial charge in [0.25, 0.3) is 5.69 Å². The van der Waals surface area contributed by atoms with Crippen molar-refractivity contribution in [1.82, 2.24) is 5.32 Å². The molecule has 0 aromatic heterocycles. The van der Waals surface area contributed by atoms with Crippen LogP contribution in [0.3, 0.4) is 0 Å². The summed E-state index contributed by atoms with van der Waals surface area (Å²) in [6, 6.07) is 13.5. The standard InChI is InChI=1S/C17H15N3O4S/c1-24-13-8-9-14(15(11-13)20(22)23)18-17(25)19-16(21)10-7-12-5-3-2-4-6-12/h2-11H,1H3,(H2,18,19,21,25). The van der Waals surface area contributed by atoms with E-state index >= 15 is 0 Å². The Kier molecular flexibility index (Phi) is 6.19. The smallest absolute Gasteiger partial charge is 0.296 e. The maximum Gasteiger partial charge on any atom is 0.296 e. The molecule has 2 aromatic carbocycles. The normalized spacial score (nSPS) is 10.3. The van der Waals surface area contributed by atoms with Crippen molar-refractivity contribution >= 4 is 40.7 Å². The lowest BCUT2D eigenvalue weighted by Gasteiger charge is -2.09. The second-order valence-corrected chi connectivity index (χ2v) is 5.24. The molecule has 0 radical (unpaired) electrons. The molecule has 0 saturated heterocycles. The molecule has 2 rings (SSSR count). The minimum Gasteiger partial charge on any atom is -0.496 e. The lowest BCUT2D eigenvalue weighted by molar-refractivity contribution is -0.384. The number of nitro groups is 1. The van der Waals surface area contributed by atoms with Crippen LogP contribution in [0, 0.1) is 10.1 Å². The summed E-state index contributed by atoms with van der Waals surface area (Å²) in [5.41, 5.74) is 0.807. The van der Waals surface area contributed by atoms with Crippen molar-refractivity contribution in [3.05, 3.63) is 70.3 Å². The average molecular weight is 357 g/mol. The Morgan fingerprint density at radius 2 is 1.96 bits per heavy atom. The number of ether oxygens (including phenoxy) is 1. The van der Waals surface area contributed by atoms with Crippen LogP contribution in [0.1, 0.15) is 5.56 Å². The molecule has 0 fully saturated rings. The highest BCUT2D eigenvalue weighted by Gasteiger charge is 2.16. The number of methoxy groups -OCH3 is 1. The molecule has 0 saturated carbocycles. The van der Waals surface area contributed by atoms with Crippen LogP contribution in [0.4, 0.5) is 11.4 Å². The van der Waals surface area contributed by atoms with Gasteiger partial charge in [0.1, 0.15) is 11.4 Å². The molecule has 0 unspecified atom stereocenters. The molecular formula is C17H15N3O4S. The van der Waals surface area contributed by atoms with Crippen LogP contribution >= 0.6 is 12.2 Å². The summed E-state index contributed by atoms with van der Waals surface area (Å²) in [7, 11) is 1.41. The average Bonchev–Trinajstić information content (AvgIpc) is 2.61. The van der Waals surface area contributed by atoms with E-state index in [0.29, 0.717) is 5.75 Å². The van der Waals surface area contributed by atoms with Gasteiger partial charge in [-0.25, -0.2) is 0 Å². The summed E-state index contributed by atoms with van der Waals surface area (Å²) in [5.74, 6) is -0.101. The first-order chi connectivity index (χ1) is 12.0. The van der Waals surface area contributed by atoms with E-state index in [0.717, 1.165) is 5.56 Å². The quantitative estimate of drug-likeness (QED) is 0.370. The van der Waals surface area contributed by atoms with Gasteiger partial charge in [0, 0.05) is 6.08 Å². The third-order valence-corrected chi connectivity index (χ3v) is 3.32. The van der Waals surface area contributed by atoms with Gasteiger partial charge in [0.15, 0.2) is 5.11 Å². The zero-order valence-electron chi connectivity index (χ0n) is 13.3. The van der Waals surface area contributed by atoms with Crippen LogP contribution in [0.2, 0.25) is 0 Å². The van der Waals surface area contributed by atoms with E-state index in [1.807, 2.05) is 30.3 Å². The summed E-state index contributed by atoms with van der Waals surface area (Å²) in [4.78, 5) is 22.4. The summed E-state index contributed by atoms with van der Waals surface area (Å²) in [6.45, 7) is 0. The van der Waals surface area contributed by atoms with Gasteiger partial charge in [-0.2, -0.15) is 0 Å². The predicted molar refractivity (Wildman–Crippen MR) is 99.5 cm³/mol. The zero-order valence-corrected chi connectivity index (χ0v) is 14.1. The van der Waals surface area contributed by atoms with E-state index in [9.17, 15) is 14.9 Å². The molecule has 0 aliphatic carbocycles. The van der Waals surface area contributed by atoms with Gasteiger partial charge in [0.2, 0.25) is 5.91 Å². The first-order valence-corrected chi connectivity index (χ1v) is 7.58. The number of benzene rings is 2. The largest absolute Gasteiger partial charge is 0.496 e. The van der Waals surface area contributed by atoms with E-state index in [1.165, 1.54) is 25.3 Å². The molecule has 0 heterocycles. The number of rotatable bonds is 5. The maximum atomic E-state index is 11.9. The summed E-state index contributed by atoms with van der Waals surface area (Å²) < 4.78 is 4.96. The highest BCUT2D eigenvalue weighted by Crippen LogP contribution is 2.28. The summed E-state index contributed by atoms with van der Waals surface area (Å²) in [6.07, 6.45) is 2.96. The maximum absolute atomic E-state index is 11.9. The van der Waals surface area contributed by atoms with E-state index in [1.54, 1.807) is 12.1 Å². The molecular weight excluding hydrogens is 342 g/mol. The predicted octanol–water partition coefficient (Wildman–Crippen LogP) is 3.13. The Bertz CT molecular complexity index is 822. The van der Waals surface area contributed by atoms with E-state index < -0.39 is 10.8 Å². The van der Waals surface area contributed by atoms with Gasteiger partial charge < -0.3 is 10.1 Å². The Hall–Kier alpha value is -3.26. The Balaban J connectivity index is 2.01. The second kappa shape index (κ2) is 8.55. The topological polar surface area (TPSA) is 93.5 Å². The monoisotopic (exact) mass is 357 g/mol. The fraction of sp³-hybridized carbons (Fsp3) is 0.0588. The number of nitrogens with one attached hydrogen (secondary N) is 2. The van der Waals surface area contributed by atoms with Crippen LogP contribution in [-0.4, -0.2) is 23.1 Å². The van der Waals surface area contributed by atoms with Gasteiger partial charge in [-0.3, -0.25) is 20.2 Å². The molecule has 0 spiro atoms. The molecule has 0 bridgehead atoms. The lowest BCUT2D eigenvalue weighted by Crippen LogP contribution is -2.33. The zero-order chi connectivity index (χ0) is 18.2. The number of nitro benzene ring substituents is 1. The molecule has 0 aliphatic heterocycles. The Morgan fingerprint density at radius 1 is 1.24 bits per heavy atom. The molecule has 2 aromatic rings. The third kappa shape index (κ3) is 5.40. The van der Waals surface area contributed by atoms with Gasteiger partial charge in [0.05, 0.1) is 18.1 Å². The van der Waals surface area contributed by atoms with Crippen LogP contribution in [0.15, 0.2) is 54.6 Å². The van der Waals surface area contributed by atoms with Crippen LogP contribution < -0.4 is 15.4 Å². The summed E-state index contributed by atoms with van der Waals surface area (Å²) in [5, 5.41) is 16.2. The van der Waals surface area contributed by atoms with E-state index in [4.69, 9.17) is 17.0 Å². The number of carbonyl (C=O) groups excluding carboxylic acids is 1. The minimum atomic E-state index is -0.565. The SMILES string of the molecule is COc1ccc(NC(=S)NC(=O)C=Cc2ccccc2)c([N+](=O)[O-])c1. The molecule has 7 nitrogen and oxygen atoms in total. The van der Waals surface area contributed by atoms with Crippen molar-refractivity contribution in [2.24, 2.45) is 0 Å². The van der Waals surface area contributed by atoms with Gasteiger partial charge in [-0.15, -0.1) is 0 Å². The molecule has 0 atom stereocenters. The molecule has 25 heavy (non-hydrogen) atoms. The molecule has 128 valence electrons. The lowest BCUT2D eigenvalue weighted by atomic mass is 10.2. The second-order valence-electron chi connectivity index (χ2n) is 4.83. The van der Waals surface area contributed by atoms with Crippen LogP contribution in [0.25, 0.3) is 6.08 Å². The number of hydrogen-bond donors (Lipinski definition) is 2. The third-order valence-electron chi connectivity index (χ3n) is 3.11. The van der Waals surface area contributed by atoms with E-state index in [-0.39, 0.29) is 16.5 Å². The van der Waals surface area contributed by atoms with Crippen molar-refractivity contribution in [2.75, 3.05) is 12.4 Å². The highest BCUT2D eigenvalue weighted by atomic mass is 32.1. The number of thiocarbonyl (C=S) groups is 1. The minimum absolute atomic E-state index is 0.0454. The number of carbonyl (C=O) groups is 1. The number of hydrogen-bond acceptors (Lipinski definition) is 5. The Labute approximate surface area is 149 Å². The first kappa shape index (κ1) is 18.1. The van der Waals surface area contributed by atoms with Crippen molar-refractivity contribution in [2.45, 2.75) is 0 Å². The summed E-state index contributed by atoms with van der Waals surface area (Å²) >= 11 is 5.02. The highest BCUT2D eigenvalue weighted by molar-refractivity contribution is 7.80. The number of anilines is 1. The Morgan fingerprint density at radius 3 is 2.60 bits per heavy atom. The van der Waals surface area contributed by atoms with Crippen molar-refractivity contribution < 1.29 is 14.5 Å².